The van der Waals surface area contributed by atoms with E-state index in [0.29, 0.717) is 0 Å². The van der Waals surface area contributed by atoms with Crippen LogP contribution >= 0.6 is 22.7 Å². The summed E-state index contributed by atoms with van der Waals surface area (Å²) >= 11 is 3.49. The highest BCUT2D eigenvalue weighted by Gasteiger charge is 2.03. The molecule has 2 aromatic rings. The molecular formula is C10H8S2. The predicted molar refractivity (Wildman–Crippen MR) is 57.7 cm³/mol. The minimum atomic E-state index is 1.24. The molecule has 0 N–H and O–H groups in total. The summed E-state index contributed by atoms with van der Waals surface area (Å²) in [4.78, 5) is 1.33. The predicted octanol–water partition coefficient (Wildman–Crippen LogP) is 4.12. The van der Waals surface area contributed by atoms with Gasteiger partial charge >= 0.3 is 0 Å². The molecule has 0 saturated heterocycles. The van der Waals surface area contributed by atoms with Crippen molar-refractivity contribution in [1.82, 2.24) is 0 Å². The first-order valence-corrected chi connectivity index (χ1v) is 5.46. The Balaban J connectivity index is 2.53. The molecule has 0 unspecified atom stereocenters. The molecule has 0 fully saturated rings. The lowest BCUT2D eigenvalue weighted by Gasteiger charge is -1.93. The van der Waals surface area contributed by atoms with Crippen LogP contribution in [0.15, 0.2) is 34.9 Å². The highest BCUT2D eigenvalue weighted by molar-refractivity contribution is 7.14. The van der Waals surface area contributed by atoms with Crippen LogP contribution in [0, 0.1) is 0 Å². The molecule has 2 aromatic heterocycles. The van der Waals surface area contributed by atoms with Crippen molar-refractivity contribution in [2.45, 2.75) is 0 Å². The van der Waals surface area contributed by atoms with E-state index in [9.17, 15) is 0 Å². The summed E-state index contributed by atoms with van der Waals surface area (Å²) in [6, 6.07) is 4.21. The molecule has 2 heteroatoms. The van der Waals surface area contributed by atoms with Crippen LogP contribution in [0.2, 0.25) is 0 Å². The van der Waals surface area contributed by atoms with Gasteiger partial charge in [0.1, 0.15) is 0 Å². The van der Waals surface area contributed by atoms with Gasteiger partial charge < -0.3 is 0 Å². The second kappa shape index (κ2) is 3.25. The Kier molecular flexibility index (Phi) is 2.11. The van der Waals surface area contributed by atoms with E-state index in [2.05, 4.69) is 34.9 Å². The normalized spacial score (nSPS) is 10.0. The van der Waals surface area contributed by atoms with Crippen molar-refractivity contribution in [3.63, 3.8) is 0 Å². The van der Waals surface area contributed by atoms with Crippen LogP contribution < -0.4 is 0 Å². The molecule has 0 amide bonds. The maximum Gasteiger partial charge on any atom is 0.0357 e. The van der Waals surface area contributed by atoms with Crippen LogP contribution in [-0.4, -0.2) is 0 Å². The molecule has 60 valence electrons. The highest BCUT2D eigenvalue weighted by Crippen LogP contribution is 2.31. The molecule has 0 aliphatic heterocycles. The van der Waals surface area contributed by atoms with Crippen molar-refractivity contribution >= 4 is 28.7 Å². The lowest BCUT2D eigenvalue weighted by molar-refractivity contribution is 1.83. The zero-order valence-electron chi connectivity index (χ0n) is 6.49. The van der Waals surface area contributed by atoms with Gasteiger partial charge in [0.2, 0.25) is 0 Å². The van der Waals surface area contributed by atoms with Crippen LogP contribution in [0.5, 0.6) is 0 Å². The van der Waals surface area contributed by atoms with Crippen LogP contribution in [0.4, 0.5) is 0 Å². The van der Waals surface area contributed by atoms with Crippen LogP contribution in [0.3, 0.4) is 0 Å². The fourth-order valence-electron chi connectivity index (χ4n) is 1.10. The Morgan fingerprint density at radius 1 is 1.33 bits per heavy atom. The number of hydrogen-bond donors (Lipinski definition) is 0. The number of rotatable bonds is 2. The standard InChI is InChI=1S/C10H8S2/c1-2-8-6-11-7-9(8)10-4-3-5-12-10/h2-7H,1H2. The van der Waals surface area contributed by atoms with E-state index in [1.807, 2.05) is 6.08 Å². The summed E-state index contributed by atoms with van der Waals surface area (Å²) in [7, 11) is 0. The summed E-state index contributed by atoms with van der Waals surface area (Å²) < 4.78 is 0. The molecule has 0 bridgehead atoms. The smallest absolute Gasteiger partial charge is 0.0357 e. The van der Waals surface area contributed by atoms with Crippen molar-refractivity contribution in [2.24, 2.45) is 0 Å². The fourth-order valence-corrected chi connectivity index (χ4v) is 2.77. The average molecular weight is 192 g/mol. The third kappa shape index (κ3) is 1.24. The molecular weight excluding hydrogens is 184 g/mol. The Hall–Kier alpha value is -0.860. The van der Waals surface area contributed by atoms with Crippen molar-refractivity contribution < 1.29 is 0 Å². The van der Waals surface area contributed by atoms with E-state index in [1.165, 1.54) is 16.0 Å². The molecule has 0 radical (unpaired) electrons. The maximum atomic E-state index is 3.78. The minimum Gasteiger partial charge on any atom is -0.151 e. The van der Waals surface area contributed by atoms with Crippen molar-refractivity contribution in [3.05, 3.63) is 40.4 Å². The summed E-state index contributed by atoms with van der Waals surface area (Å²) in [5, 5.41) is 6.39. The fraction of sp³-hybridized carbons (Fsp3) is 0. The van der Waals surface area contributed by atoms with E-state index in [-0.39, 0.29) is 0 Å². The molecule has 12 heavy (non-hydrogen) atoms. The van der Waals surface area contributed by atoms with Gasteiger partial charge in [-0.25, -0.2) is 0 Å². The van der Waals surface area contributed by atoms with Gasteiger partial charge in [-0.2, -0.15) is 11.3 Å². The van der Waals surface area contributed by atoms with Crippen LogP contribution in [-0.2, 0) is 0 Å². The summed E-state index contributed by atoms with van der Waals surface area (Å²) in [5.74, 6) is 0. The van der Waals surface area contributed by atoms with E-state index in [1.54, 1.807) is 22.7 Å². The Morgan fingerprint density at radius 2 is 2.25 bits per heavy atom. The Labute approximate surface area is 79.8 Å². The first-order valence-electron chi connectivity index (χ1n) is 3.64. The molecule has 2 heterocycles. The SMILES string of the molecule is C=Cc1cscc1-c1cccs1. The molecule has 0 nitrogen and oxygen atoms in total. The van der Waals surface area contributed by atoms with E-state index in [4.69, 9.17) is 0 Å². The zero-order valence-corrected chi connectivity index (χ0v) is 8.12. The lowest BCUT2D eigenvalue weighted by Crippen LogP contribution is -1.69. The monoisotopic (exact) mass is 192 g/mol. The average Bonchev–Trinajstić information content (AvgIpc) is 2.74. The minimum absolute atomic E-state index is 1.24. The van der Waals surface area contributed by atoms with Crippen molar-refractivity contribution in [2.75, 3.05) is 0 Å². The third-order valence-corrected chi connectivity index (χ3v) is 3.36. The zero-order chi connectivity index (χ0) is 8.39. The van der Waals surface area contributed by atoms with E-state index < -0.39 is 0 Å². The van der Waals surface area contributed by atoms with Crippen molar-refractivity contribution in [1.29, 1.82) is 0 Å². The lowest BCUT2D eigenvalue weighted by atomic mass is 10.2. The van der Waals surface area contributed by atoms with Crippen molar-refractivity contribution in [3.8, 4) is 10.4 Å². The number of hydrogen-bond acceptors (Lipinski definition) is 2. The third-order valence-electron chi connectivity index (χ3n) is 1.70. The largest absolute Gasteiger partial charge is 0.151 e. The van der Waals surface area contributed by atoms with Crippen LogP contribution in [0.1, 0.15) is 5.56 Å². The quantitative estimate of drug-likeness (QED) is 0.671. The maximum absolute atomic E-state index is 3.78. The molecule has 0 spiro atoms. The second-order valence-corrected chi connectivity index (χ2v) is 4.11. The molecule has 0 atom stereocenters. The Morgan fingerprint density at radius 3 is 2.92 bits per heavy atom. The van der Waals surface area contributed by atoms with Gasteiger partial charge in [0.05, 0.1) is 0 Å². The van der Waals surface area contributed by atoms with E-state index in [0.717, 1.165) is 0 Å². The summed E-state index contributed by atoms with van der Waals surface area (Å²) in [5.41, 5.74) is 2.55. The topological polar surface area (TPSA) is 0 Å². The molecule has 2 rings (SSSR count). The van der Waals surface area contributed by atoms with Gasteiger partial charge in [-0.15, -0.1) is 11.3 Å². The van der Waals surface area contributed by atoms with E-state index >= 15 is 0 Å². The first-order chi connectivity index (χ1) is 5.92. The molecule has 0 aliphatic rings. The van der Waals surface area contributed by atoms with Gasteiger partial charge in [0.15, 0.2) is 0 Å². The number of thiophene rings is 2. The molecule has 0 aliphatic carbocycles. The van der Waals surface area contributed by atoms with Gasteiger partial charge in [-0.3, -0.25) is 0 Å². The van der Waals surface area contributed by atoms with Crippen LogP contribution in [0.25, 0.3) is 16.5 Å². The first kappa shape index (κ1) is 7.77. The molecule has 0 saturated carbocycles. The van der Waals surface area contributed by atoms with Gasteiger partial charge in [0.25, 0.3) is 0 Å². The highest BCUT2D eigenvalue weighted by atomic mass is 32.1. The molecule has 0 aromatic carbocycles. The van der Waals surface area contributed by atoms with Gasteiger partial charge in [0, 0.05) is 10.4 Å². The Bertz CT molecular complexity index is 368. The van der Waals surface area contributed by atoms with Gasteiger partial charge in [-0.1, -0.05) is 18.7 Å². The summed E-state index contributed by atoms with van der Waals surface area (Å²) in [6.07, 6.45) is 1.91. The second-order valence-electron chi connectivity index (χ2n) is 2.42. The summed E-state index contributed by atoms with van der Waals surface area (Å²) in [6.45, 7) is 3.78. The van der Waals surface area contributed by atoms with Gasteiger partial charge in [-0.05, 0) is 27.8 Å².